The molecule has 134 valence electrons. The Labute approximate surface area is 145 Å². The van der Waals surface area contributed by atoms with E-state index < -0.39 is 17.4 Å². The van der Waals surface area contributed by atoms with Gasteiger partial charge < -0.3 is 10.4 Å². The van der Waals surface area contributed by atoms with Gasteiger partial charge in [0, 0.05) is 7.05 Å². The van der Waals surface area contributed by atoms with Crippen molar-refractivity contribution in [3.8, 4) is 0 Å². The van der Waals surface area contributed by atoms with Gasteiger partial charge in [-0.3, -0.25) is 18.7 Å². The number of para-hydroxylation sites is 2. The Bertz CT molecular complexity index is 882. The van der Waals surface area contributed by atoms with E-state index in [1.54, 1.807) is 20.0 Å². The largest absolute Gasteiger partial charge is 0.481 e. The highest BCUT2D eigenvalue weighted by Gasteiger charge is 2.42. The summed E-state index contributed by atoms with van der Waals surface area (Å²) in [4.78, 5) is 36.5. The smallest absolute Gasteiger partial charge is 0.329 e. The predicted octanol–water partition coefficient (Wildman–Crippen LogP) is 1.49. The number of nitrogens with one attached hydrogen (secondary N) is 1. The van der Waals surface area contributed by atoms with E-state index >= 15 is 0 Å². The number of hydrogen-bond acceptors (Lipinski definition) is 3. The highest BCUT2D eigenvalue weighted by Crippen LogP contribution is 2.33. The van der Waals surface area contributed by atoms with E-state index in [1.165, 1.54) is 9.13 Å². The second-order valence-corrected chi connectivity index (χ2v) is 7.02. The number of amides is 1. The quantitative estimate of drug-likeness (QED) is 0.878. The van der Waals surface area contributed by atoms with Crippen LogP contribution in [0.1, 0.15) is 32.6 Å². The lowest BCUT2D eigenvalue weighted by Crippen LogP contribution is -2.56. The van der Waals surface area contributed by atoms with Gasteiger partial charge in [0.2, 0.25) is 5.91 Å². The molecule has 0 radical (unpaired) electrons. The number of benzene rings is 1. The molecule has 0 unspecified atom stereocenters. The number of carbonyl (C=O) groups excluding carboxylic acids is 1. The summed E-state index contributed by atoms with van der Waals surface area (Å²) in [5, 5.41) is 12.3. The van der Waals surface area contributed by atoms with Crippen LogP contribution in [0.4, 0.5) is 0 Å². The average molecular weight is 345 g/mol. The van der Waals surface area contributed by atoms with Crippen LogP contribution in [0.5, 0.6) is 0 Å². The van der Waals surface area contributed by atoms with E-state index in [-0.39, 0.29) is 18.1 Å². The van der Waals surface area contributed by atoms with E-state index in [1.807, 2.05) is 18.2 Å². The second kappa shape index (κ2) is 6.38. The summed E-state index contributed by atoms with van der Waals surface area (Å²) in [5.41, 5.74) is 0.399. The maximum absolute atomic E-state index is 12.6. The fraction of sp³-hybridized carbons (Fsp3) is 0.500. The molecule has 2 N–H and O–H groups in total. The molecule has 1 aliphatic carbocycles. The minimum Gasteiger partial charge on any atom is -0.481 e. The van der Waals surface area contributed by atoms with Crippen molar-refractivity contribution < 1.29 is 14.7 Å². The van der Waals surface area contributed by atoms with Crippen LogP contribution >= 0.6 is 0 Å². The van der Waals surface area contributed by atoms with Crippen molar-refractivity contribution in [1.82, 2.24) is 14.5 Å². The highest BCUT2D eigenvalue weighted by molar-refractivity contribution is 5.82. The predicted molar refractivity (Wildman–Crippen MR) is 93.3 cm³/mol. The molecule has 2 atom stereocenters. The molecular formula is C18H23N3O4. The molecule has 1 aromatic carbocycles. The minimum atomic E-state index is -0.884. The van der Waals surface area contributed by atoms with Crippen molar-refractivity contribution in [2.75, 3.05) is 0 Å². The van der Waals surface area contributed by atoms with E-state index in [9.17, 15) is 19.5 Å². The first kappa shape index (κ1) is 17.3. The third-order valence-electron chi connectivity index (χ3n) is 5.28. The van der Waals surface area contributed by atoms with Crippen LogP contribution in [0.15, 0.2) is 29.1 Å². The Hall–Kier alpha value is -2.57. The molecule has 7 heteroatoms. The third-order valence-corrected chi connectivity index (χ3v) is 5.28. The minimum absolute atomic E-state index is 0.123. The number of carboxylic acids is 1. The maximum Gasteiger partial charge on any atom is 0.329 e. The first-order valence-electron chi connectivity index (χ1n) is 8.51. The summed E-state index contributed by atoms with van der Waals surface area (Å²) >= 11 is 0. The molecule has 1 amide bonds. The number of nitrogens with zero attached hydrogens (tertiary/aromatic N) is 2. The Kier molecular flexibility index (Phi) is 4.41. The Morgan fingerprint density at radius 2 is 1.96 bits per heavy atom. The summed E-state index contributed by atoms with van der Waals surface area (Å²) in [6, 6.07) is 7.28. The van der Waals surface area contributed by atoms with Crippen molar-refractivity contribution in [2.24, 2.45) is 13.0 Å². The van der Waals surface area contributed by atoms with Gasteiger partial charge >= 0.3 is 11.7 Å². The van der Waals surface area contributed by atoms with Crippen molar-refractivity contribution in [3.63, 3.8) is 0 Å². The number of aryl methyl sites for hydroxylation is 1. The molecule has 0 aliphatic heterocycles. The Morgan fingerprint density at radius 3 is 2.64 bits per heavy atom. The fourth-order valence-electron chi connectivity index (χ4n) is 3.90. The molecule has 0 saturated heterocycles. The molecule has 3 rings (SSSR count). The molecule has 7 nitrogen and oxygen atoms in total. The topological polar surface area (TPSA) is 93.3 Å². The molecule has 25 heavy (non-hydrogen) atoms. The summed E-state index contributed by atoms with van der Waals surface area (Å²) in [6.45, 7) is 1.66. The van der Waals surface area contributed by atoms with Gasteiger partial charge in [0.05, 0.1) is 22.5 Å². The molecule has 1 fully saturated rings. The van der Waals surface area contributed by atoms with Gasteiger partial charge in [-0.25, -0.2) is 4.79 Å². The van der Waals surface area contributed by atoms with Gasteiger partial charge in [-0.15, -0.1) is 0 Å². The van der Waals surface area contributed by atoms with Gasteiger partial charge in [0.15, 0.2) is 0 Å². The summed E-state index contributed by atoms with van der Waals surface area (Å²) in [5.74, 6) is -1.83. The first-order valence-corrected chi connectivity index (χ1v) is 8.51. The number of aliphatic carboxylic acids is 1. The zero-order valence-corrected chi connectivity index (χ0v) is 14.5. The monoisotopic (exact) mass is 345 g/mol. The van der Waals surface area contributed by atoms with Gasteiger partial charge in [-0.1, -0.05) is 25.0 Å². The van der Waals surface area contributed by atoms with E-state index in [0.717, 1.165) is 18.4 Å². The van der Waals surface area contributed by atoms with Crippen LogP contribution in [-0.2, 0) is 23.2 Å². The fourth-order valence-corrected chi connectivity index (χ4v) is 3.90. The van der Waals surface area contributed by atoms with Crippen molar-refractivity contribution in [3.05, 3.63) is 34.7 Å². The summed E-state index contributed by atoms with van der Waals surface area (Å²) < 4.78 is 2.93. The van der Waals surface area contributed by atoms with Gasteiger partial charge in [-0.05, 0) is 31.9 Å². The van der Waals surface area contributed by atoms with Crippen LogP contribution in [-0.4, -0.2) is 31.7 Å². The van der Waals surface area contributed by atoms with Crippen molar-refractivity contribution in [2.45, 2.75) is 44.7 Å². The molecule has 1 saturated carbocycles. The van der Waals surface area contributed by atoms with Crippen LogP contribution in [0.25, 0.3) is 11.0 Å². The summed E-state index contributed by atoms with van der Waals surface area (Å²) in [7, 11) is 1.67. The van der Waals surface area contributed by atoms with Gasteiger partial charge in [0.25, 0.3) is 0 Å². The van der Waals surface area contributed by atoms with Gasteiger partial charge in [-0.2, -0.15) is 0 Å². The molecule has 0 bridgehead atoms. The lowest BCUT2D eigenvalue weighted by Gasteiger charge is -2.39. The average Bonchev–Trinajstić information content (AvgIpc) is 2.80. The third kappa shape index (κ3) is 3.06. The molecule has 1 aromatic heterocycles. The maximum atomic E-state index is 12.6. The van der Waals surface area contributed by atoms with Crippen LogP contribution < -0.4 is 11.0 Å². The molecular weight excluding hydrogens is 322 g/mol. The number of aromatic nitrogens is 2. The first-order chi connectivity index (χ1) is 11.8. The molecule has 2 aromatic rings. The lowest BCUT2D eigenvalue weighted by atomic mass is 9.74. The number of rotatable bonds is 4. The standard InChI is InChI=1S/C18H23N3O4/c1-18(10-6-5-7-12(18)16(23)24)19-15(22)11-21-14-9-4-3-8-13(14)20(2)17(21)25/h3-4,8-9,12H,5-7,10-11H2,1-2H3,(H,19,22)(H,23,24)/t12-,18-/m1/s1. The zero-order chi connectivity index (χ0) is 18.2. The van der Waals surface area contributed by atoms with Gasteiger partial charge in [0.1, 0.15) is 6.54 Å². The Morgan fingerprint density at radius 1 is 1.28 bits per heavy atom. The SMILES string of the molecule is Cn1c(=O)n(CC(=O)N[C@]2(C)CCCC[C@@H]2C(=O)O)c2ccccc21. The lowest BCUT2D eigenvalue weighted by molar-refractivity contribution is -0.146. The highest BCUT2D eigenvalue weighted by atomic mass is 16.4. The molecule has 1 heterocycles. The Balaban J connectivity index is 1.85. The van der Waals surface area contributed by atoms with Crippen molar-refractivity contribution in [1.29, 1.82) is 0 Å². The van der Waals surface area contributed by atoms with E-state index in [0.29, 0.717) is 18.4 Å². The second-order valence-electron chi connectivity index (χ2n) is 7.02. The number of carboxylic acid groups (broad SMARTS) is 1. The molecule has 0 spiro atoms. The van der Waals surface area contributed by atoms with E-state index in [4.69, 9.17) is 0 Å². The van der Waals surface area contributed by atoms with E-state index in [2.05, 4.69) is 5.32 Å². The zero-order valence-electron chi connectivity index (χ0n) is 14.5. The van der Waals surface area contributed by atoms with Crippen LogP contribution in [0, 0.1) is 5.92 Å². The number of hydrogen-bond donors (Lipinski definition) is 2. The number of imidazole rings is 1. The number of fused-ring (bicyclic) bond motifs is 1. The van der Waals surface area contributed by atoms with Crippen LogP contribution in [0.3, 0.4) is 0 Å². The number of carbonyl (C=O) groups is 2. The summed E-state index contributed by atoms with van der Waals surface area (Å²) in [6.07, 6.45) is 2.92. The normalized spacial score (nSPS) is 23.5. The molecule has 1 aliphatic rings. The van der Waals surface area contributed by atoms with Crippen molar-refractivity contribution >= 4 is 22.9 Å². The van der Waals surface area contributed by atoms with Crippen LogP contribution in [0.2, 0.25) is 0 Å².